The van der Waals surface area contributed by atoms with E-state index in [1.165, 1.54) is 5.56 Å². The Balaban J connectivity index is 1.68. The lowest BCUT2D eigenvalue weighted by atomic mass is 10.1. The van der Waals surface area contributed by atoms with Crippen LogP contribution in [0.5, 0.6) is 5.75 Å². The van der Waals surface area contributed by atoms with Crippen molar-refractivity contribution in [2.75, 3.05) is 6.54 Å². The zero-order chi connectivity index (χ0) is 15.8. The molecular formula is C18H22N2O2. The number of aryl methyl sites for hydroxylation is 2. The summed E-state index contributed by atoms with van der Waals surface area (Å²) < 4.78 is 5.76. The number of nitrogens with zero attached hydrogens (tertiary/aromatic N) is 1. The zero-order valence-electron chi connectivity index (χ0n) is 13.1. The standard InChI is InChI=1S/C18H22N2O2/c1-14-5-8-17(9-6-14)22-15(2)12-20-18(21)10-7-16-4-3-11-19-13-16/h3-6,8-9,11,13,15H,7,10,12H2,1-2H3,(H,20,21). The van der Waals surface area contributed by atoms with E-state index in [9.17, 15) is 4.79 Å². The van der Waals surface area contributed by atoms with Gasteiger partial charge in [0.1, 0.15) is 11.9 Å². The summed E-state index contributed by atoms with van der Waals surface area (Å²) in [4.78, 5) is 15.9. The molecule has 22 heavy (non-hydrogen) atoms. The molecule has 2 aromatic rings. The fourth-order valence-electron chi connectivity index (χ4n) is 2.04. The molecule has 0 spiro atoms. The minimum atomic E-state index is -0.0648. The quantitative estimate of drug-likeness (QED) is 0.855. The lowest BCUT2D eigenvalue weighted by molar-refractivity contribution is -0.121. The molecule has 1 atom stereocenters. The van der Waals surface area contributed by atoms with Crippen LogP contribution in [0.4, 0.5) is 0 Å². The van der Waals surface area contributed by atoms with Gasteiger partial charge in [0.25, 0.3) is 0 Å². The second-order valence-corrected chi connectivity index (χ2v) is 5.41. The van der Waals surface area contributed by atoms with E-state index < -0.39 is 0 Å². The fourth-order valence-corrected chi connectivity index (χ4v) is 2.04. The molecule has 1 aromatic heterocycles. The average molecular weight is 298 g/mol. The molecule has 0 aliphatic heterocycles. The second-order valence-electron chi connectivity index (χ2n) is 5.41. The maximum atomic E-state index is 11.8. The molecule has 1 N–H and O–H groups in total. The van der Waals surface area contributed by atoms with Crippen LogP contribution in [0.15, 0.2) is 48.8 Å². The average Bonchev–Trinajstić information content (AvgIpc) is 2.54. The summed E-state index contributed by atoms with van der Waals surface area (Å²) in [5.41, 5.74) is 2.27. The summed E-state index contributed by atoms with van der Waals surface area (Å²) in [6, 6.07) is 11.8. The predicted molar refractivity (Wildman–Crippen MR) is 86.8 cm³/mol. The summed E-state index contributed by atoms with van der Waals surface area (Å²) in [6.45, 7) is 4.48. The van der Waals surface area contributed by atoms with Gasteiger partial charge in [0.05, 0.1) is 6.54 Å². The smallest absolute Gasteiger partial charge is 0.220 e. The highest BCUT2D eigenvalue weighted by atomic mass is 16.5. The molecule has 0 fully saturated rings. The van der Waals surface area contributed by atoms with E-state index in [2.05, 4.69) is 10.3 Å². The first kappa shape index (κ1) is 16.0. The lowest BCUT2D eigenvalue weighted by Crippen LogP contribution is -2.33. The van der Waals surface area contributed by atoms with Gasteiger partial charge >= 0.3 is 0 Å². The minimum absolute atomic E-state index is 0.0307. The minimum Gasteiger partial charge on any atom is -0.489 e. The summed E-state index contributed by atoms with van der Waals surface area (Å²) in [5, 5.41) is 2.90. The van der Waals surface area contributed by atoms with Crippen LogP contribution in [0.1, 0.15) is 24.5 Å². The number of nitrogens with one attached hydrogen (secondary N) is 1. The number of carbonyl (C=O) groups excluding carboxylic acids is 1. The Hall–Kier alpha value is -2.36. The molecule has 1 unspecified atom stereocenters. The second kappa shape index (κ2) is 8.17. The monoisotopic (exact) mass is 298 g/mol. The van der Waals surface area contributed by atoms with Gasteiger partial charge < -0.3 is 10.1 Å². The van der Waals surface area contributed by atoms with E-state index in [0.29, 0.717) is 19.4 Å². The lowest BCUT2D eigenvalue weighted by Gasteiger charge is -2.15. The Morgan fingerprint density at radius 2 is 2.05 bits per heavy atom. The predicted octanol–water partition coefficient (Wildman–Crippen LogP) is 2.91. The van der Waals surface area contributed by atoms with Crippen molar-refractivity contribution >= 4 is 5.91 Å². The maximum absolute atomic E-state index is 11.8. The molecule has 4 heteroatoms. The largest absolute Gasteiger partial charge is 0.489 e. The van der Waals surface area contributed by atoms with Crippen LogP contribution in [0.2, 0.25) is 0 Å². The maximum Gasteiger partial charge on any atom is 0.220 e. The fraction of sp³-hybridized carbons (Fsp3) is 0.333. The van der Waals surface area contributed by atoms with Crippen LogP contribution in [0.25, 0.3) is 0 Å². The van der Waals surface area contributed by atoms with Crippen molar-refractivity contribution in [1.29, 1.82) is 0 Å². The number of pyridine rings is 1. The highest BCUT2D eigenvalue weighted by molar-refractivity contribution is 5.76. The van der Waals surface area contributed by atoms with Gasteiger partial charge in [-0.2, -0.15) is 0 Å². The number of benzene rings is 1. The third kappa shape index (κ3) is 5.56. The van der Waals surface area contributed by atoms with Crippen molar-refractivity contribution in [3.63, 3.8) is 0 Å². The van der Waals surface area contributed by atoms with Gasteiger partial charge in [0.15, 0.2) is 0 Å². The van der Waals surface area contributed by atoms with E-state index >= 15 is 0 Å². The van der Waals surface area contributed by atoms with Crippen LogP contribution in [0.3, 0.4) is 0 Å². The van der Waals surface area contributed by atoms with Crippen LogP contribution in [-0.4, -0.2) is 23.5 Å². The van der Waals surface area contributed by atoms with Crippen LogP contribution < -0.4 is 10.1 Å². The number of carbonyl (C=O) groups is 1. The molecular weight excluding hydrogens is 276 g/mol. The van der Waals surface area contributed by atoms with Crippen molar-refractivity contribution in [3.05, 3.63) is 59.9 Å². The molecule has 0 aliphatic rings. The Morgan fingerprint density at radius 3 is 2.73 bits per heavy atom. The van der Waals surface area contributed by atoms with Crippen molar-refractivity contribution in [1.82, 2.24) is 10.3 Å². The molecule has 0 aliphatic carbocycles. The molecule has 1 amide bonds. The van der Waals surface area contributed by atoms with Crippen molar-refractivity contribution in [2.24, 2.45) is 0 Å². The van der Waals surface area contributed by atoms with Gasteiger partial charge in [-0.3, -0.25) is 9.78 Å². The number of ether oxygens (including phenoxy) is 1. The highest BCUT2D eigenvalue weighted by Gasteiger charge is 2.07. The number of rotatable bonds is 7. The van der Waals surface area contributed by atoms with E-state index in [-0.39, 0.29) is 12.0 Å². The Labute approximate surface area is 131 Å². The van der Waals surface area contributed by atoms with Crippen molar-refractivity contribution in [3.8, 4) is 5.75 Å². The SMILES string of the molecule is Cc1ccc(OC(C)CNC(=O)CCc2cccnc2)cc1. The summed E-state index contributed by atoms with van der Waals surface area (Å²) in [6.07, 6.45) is 4.62. The van der Waals surface area contributed by atoms with Crippen LogP contribution in [0, 0.1) is 6.92 Å². The number of hydrogen-bond donors (Lipinski definition) is 1. The molecule has 0 bridgehead atoms. The molecule has 0 radical (unpaired) electrons. The van der Waals surface area contributed by atoms with Gasteiger partial charge in [-0.1, -0.05) is 23.8 Å². The van der Waals surface area contributed by atoms with Crippen molar-refractivity contribution < 1.29 is 9.53 Å². The van der Waals surface area contributed by atoms with Gasteiger partial charge in [-0.25, -0.2) is 0 Å². The van der Waals surface area contributed by atoms with Gasteiger partial charge in [0.2, 0.25) is 5.91 Å². The van der Waals surface area contributed by atoms with Gasteiger partial charge in [-0.05, 0) is 44.0 Å². The Kier molecular flexibility index (Phi) is 5.95. The number of aromatic nitrogens is 1. The van der Waals surface area contributed by atoms with Gasteiger partial charge in [0, 0.05) is 18.8 Å². The molecule has 0 saturated carbocycles. The third-order valence-corrected chi connectivity index (χ3v) is 3.31. The summed E-state index contributed by atoms with van der Waals surface area (Å²) in [7, 11) is 0. The van der Waals surface area contributed by atoms with E-state index in [1.807, 2.05) is 50.2 Å². The third-order valence-electron chi connectivity index (χ3n) is 3.31. The van der Waals surface area contributed by atoms with E-state index in [1.54, 1.807) is 12.4 Å². The molecule has 1 aromatic carbocycles. The summed E-state index contributed by atoms with van der Waals surface area (Å²) >= 11 is 0. The van der Waals surface area contributed by atoms with Crippen LogP contribution >= 0.6 is 0 Å². The van der Waals surface area contributed by atoms with Crippen LogP contribution in [-0.2, 0) is 11.2 Å². The highest BCUT2D eigenvalue weighted by Crippen LogP contribution is 2.13. The Bertz CT molecular complexity index is 582. The van der Waals surface area contributed by atoms with Crippen molar-refractivity contribution in [2.45, 2.75) is 32.8 Å². The normalized spacial score (nSPS) is 11.7. The molecule has 4 nitrogen and oxygen atoms in total. The Morgan fingerprint density at radius 1 is 1.27 bits per heavy atom. The van der Waals surface area contributed by atoms with E-state index in [4.69, 9.17) is 4.74 Å². The molecule has 1 heterocycles. The first-order valence-electron chi connectivity index (χ1n) is 7.52. The topological polar surface area (TPSA) is 51.2 Å². The molecule has 0 saturated heterocycles. The summed E-state index contributed by atoms with van der Waals surface area (Å²) in [5.74, 6) is 0.853. The molecule has 116 valence electrons. The van der Waals surface area contributed by atoms with E-state index in [0.717, 1.165) is 11.3 Å². The number of amides is 1. The zero-order valence-corrected chi connectivity index (χ0v) is 13.1. The first-order chi connectivity index (χ1) is 10.6. The molecule has 2 rings (SSSR count). The first-order valence-corrected chi connectivity index (χ1v) is 7.52. The van der Waals surface area contributed by atoms with Gasteiger partial charge in [-0.15, -0.1) is 0 Å². The number of hydrogen-bond acceptors (Lipinski definition) is 3.